The average Bonchev–Trinajstić information content (AvgIpc) is 3.22. The summed E-state index contributed by atoms with van der Waals surface area (Å²) in [7, 11) is 0. The number of benzene rings is 2. The lowest BCUT2D eigenvalue weighted by molar-refractivity contribution is 0.414. The van der Waals surface area contributed by atoms with Crippen LogP contribution in [0.15, 0.2) is 66.2 Å². The lowest BCUT2D eigenvalue weighted by atomic mass is 10.0. The molecule has 0 unspecified atom stereocenters. The van der Waals surface area contributed by atoms with E-state index in [1.807, 2.05) is 6.20 Å². The standard InChI is InChI=1S/C23H23N3S/c1-2-7-21-17(4-1)5-3-6-19(21)16-25-20-9-13-26(14-10-20)23-22-18(8-12-24-23)11-15-27-22/h1-8,11-12,15,20,25H,9-10,13-14,16H2. The fraction of sp³-hybridized carbons (Fsp3) is 0.261. The molecule has 0 atom stereocenters. The molecule has 1 aliphatic rings. The Hall–Kier alpha value is -2.43. The first-order valence-electron chi connectivity index (χ1n) is 9.66. The molecule has 0 radical (unpaired) electrons. The van der Waals surface area contributed by atoms with Crippen molar-refractivity contribution in [2.24, 2.45) is 0 Å². The zero-order valence-electron chi connectivity index (χ0n) is 15.3. The van der Waals surface area contributed by atoms with Gasteiger partial charge in [0.05, 0.1) is 4.70 Å². The SMILES string of the molecule is c1ccc2c(CNC3CCN(c4nccc5ccsc45)CC3)cccc2c1. The van der Waals surface area contributed by atoms with E-state index in [9.17, 15) is 0 Å². The molecule has 0 bridgehead atoms. The van der Waals surface area contributed by atoms with Crippen molar-refractivity contribution in [2.45, 2.75) is 25.4 Å². The second kappa shape index (κ2) is 7.29. The highest BCUT2D eigenvalue weighted by molar-refractivity contribution is 7.17. The van der Waals surface area contributed by atoms with Gasteiger partial charge in [0.15, 0.2) is 0 Å². The van der Waals surface area contributed by atoms with Gasteiger partial charge < -0.3 is 10.2 Å². The van der Waals surface area contributed by atoms with E-state index in [1.165, 1.54) is 26.4 Å². The highest BCUT2D eigenvalue weighted by atomic mass is 32.1. The van der Waals surface area contributed by atoms with Gasteiger partial charge in [-0.1, -0.05) is 42.5 Å². The molecule has 0 spiro atoms. The molecule has 0 aliphatic carbocycles. The molecule has 2 aromatic heterocycles. The Bertz CT molecular complexity index is 1060. The van der Waals surface area contributed by atoms with Crippen molar-refractivity contribution in [3.8, 4) is 0 Å². The van der Waals surface area contributed by atoms with E-state index < -0.39 is 0 Å². The van der Waals surface area contributed by atoms with Crippen LogP contribution in [0.25, 0.3) is 20.9 Å². The van der Waals surface area contributed by atoms with Crippen LogP contribution in [0.3, 0.4) is 0 Å². The van der Waals surface area contributed by atoms with Crippen LogP contribution in [0.4, 0.5) is 5.82 Å². The van der Waals surface area contributed by atoms with E-state index in [4.69, 9.17) is 0 Å². The van der Waals surface area contributed by atoms with Crippen LogP contribution in [0, 0.1) is 0 Å². The molecule has 1 saturated heterocycles. The van der Waals surface area contributed by atoms with Crippen molar-refractivity contribution in [1.82, 2.24) is 10.3 Å². The Balaban J connectivity index is 1.24. The van der Waals surface area contributed by atoms with Crippen LogP contribution in [-0.2, 0) is 6.54 Å². The second-order valence-corrected chi connectivity index (χ2v) is 8.17. The van der Waals surface area contributed by atoms with Crippen molar-refractivity contribution < 1.29 is 0 Å². The summed E-state index contributed by atoms with van der Waals surface area (Å²) in [6.07, 6.45) is 4.26. The van der Waals surface area contributed by atoms with Gasteiger partial charge in [-0.3, -0.25) is 0 Å². The van der Waals surface area contributed by atoms with E-state index >= 15 is 0 Å². The number of piperidine rings is 1. The molecule has 0 amide bonds. The van der Waals surface area contributed by atoms with Crippen molar-refractivity contribution in [3.63, 3.8) is 0 Å². The average molecular weight is 374 g/mol. The number of hydrogen-bond acceptors (Lipinski definition) is 4. The zero-order valence-corrected chi connectivity index (χ0v) is 16.1. The molecule has 4 heteroatoms. The summed E-state index contributed by atoms with van der Waals surface area (Å²) in [5, 5.41) is 9.94. The van der Waals surface area contributed by atoms with Crippen LogP contribution in [0.2, 0.25) is 0 Å². The highest BCUT2D eigenvalue weighted by Gasteiger charge is 2.21. The summed E-state index contributed by atoms with van der Waals surface area (Å²) in [6.45, 7) is 3.07. The summed E-state index contributed by atoms with van der Waals surface area (Å²) in [6, 6.07) is 20.1. The molecule has 3 nitrogen and oxygen atoms in total. The molecule has 5 rings (SSSR count). The van der Waals surface area contributed by atoms with Gasteiger partial charge in [0.2, 0.25) is 0 Å². The van der Waals surface area contributed by atoms with Gasteiger partial charge in [-0.2, -0.15) is 0 Å². The first kappa shape index (κ1) is 16.7. The Morgan fingerprint density at radius 2 is 1.81 bits per heavy atom. The molecular formula is C23H23N3S. The Labute approximate surface area is 163 Å². The van der Waals surface area contributed by atoms with Crippen molar-refractivity contribution in [3.05, 3.63) is 71.7 Å². The van der Waals surface area contributed by atoms with Crippen molar-refractivity contribution in [2.75, 3.05) is 18.0 Å². The van der Waals surface area contributed by atoms with Crippen LogP contribution in [0.1, 0.15) is 18.4 Å². The fourth-order valence-electron chi connectivity index (χ4n) is 4.10. The van der Waals surface area contributed by atoms with Crippen molar-refractivity contribution >= 4 is 38.0 Å². The third kappa shape index (κ3) is 3.31. The lowest BCUT2D eigenvalue weighted by Crippen LogP contribution is -2.42. The number of anilines is 1. The Kier molecular flexibility index (Phi) is 4.52. The minimum atomic E-state index is 0.572. The van der Waals surface area contributed by atoms with Gasteiger partial charge in [0.1, 0.15) is 5.82 Å². The van der Waals surface area contributed by atoms with Gasteiger partial charge in [0, 0.05) is 31.9 Å². The normalized spacial score (nSPS) is 15.6. The maximum absolute atomic E-state index is 4.67. The summed E-state index contributed by atoms with van der Waals surface area (Å²) in [5.74, 6) is 1.16. The van der Waals surface area contributed by atoms with E-state index in [0.29, 0.717) is 6.04 Å². The quantitative estimate of drug-likeness (QED) is 0.532. The first-order chi connectivity index (χ1) is 13.4. The number of nitrogens with one attached hydrogen (secondary N) is 1. The molecule has 2 aromatic carbocycles. The predicted octanol–water partition coefficient (Wildman–Crippen LogP) is 5.21. The maximum atomic E-state index is 4.67. The number of thiophene rings is 1. The molecular weight excluding hydrogens is 350 g/mol. The van der Waals surface area contributed by atoms with E-state index in [1.54, 1.807) is 11.3 Å². The smallest absolute Gasteiger partial charge is 0.146 e. The summed E-state index contributed by atoms with van der Waals surface area (Å²) < 4.78 is 1.32. The fourth-order valence-corrected chi connectivity index (χ4v) is 5.01. The number of fused-ring (bicyclic) bond motifs is 2. The monoisotopic (exact) mass is 373 g/mol. The van der Waals surface area contributed by atoms with Crippen LogP contribution < -0.4 is 10.2 Å². The molecule has 136 valence electrons. The highest BCUT2D eigenvalue weighted by Crippen LogP contribution is 2.31. The molecule has 1 N–H and O–H groups in total. The van der Waals surface area contributed by atoms with Crippen LogP contribution in [0.5, 0.6) is 0 Å². The molecule has 1 aliphatic heterocycles. The van der Waals surface area contributed by atoms with Crippen LogP contribution >= 0.6 is 11.3 Å². The van der Waals surface area contributed by atoms with Crippen LogP contribution in [-0.4, -0.2) is 24.1 Å². The number of aromatic nitrogens is 1. The second-order valence-electron chi connectivity index (χ2n) is 7.25. The van der Waals surface area contributed by atoms with Gasteiger partial charge >= 0.3 is 0 Å². The molecule has 4 aromatic rings. The zero-order chi connectivity index (χ0) is 18.1. The van der Waals surface area contributed by atoms with Crippen molar-refractivity contribution in [1.29, 1.82) is 0 Å². The summed E-state index contributed by atoms with van der Waals surface area (Å²) >= 11 is 1.80. The third-order valence-corrected chi connectivity index (χ3v) is 6.53. The van der Waals surface area contributed by atoms with Gasteiger partial charge in [-0.05, 0) is 52.1 Å². The number of rotatable bonds is 4. The Morgan fingerprint density at radius 1 is 0.963 bits per heavy atom. The summed E-state index contributed by atoms with van der Waals surface area (Å²) in [5.41, 5.74) is 1.39. The third-order valence-electron chi connectivity index (χ3n) is 5.61. The minimum absolute atomic E-state index is 0.572. The van der Waals surface area contributed by atoms with E-state index in [2.05, 4.69) is 75.2 Å². The topological polar surface area (TPSA) is 28.2 Å². The van der Waals surface area contributed by atoms with E-state index in [-0.39, 0.29) is 0 Å². The van der Waals surface area contributed by atoms with E-state index in [0.717, 1.165) is 38.3 Å². The Morgan fingerprint density at radius 3 is 2.74 bits per heavy atom. The number of nitrogens with zero attached hydrogens (tertiary/aromatic N) is 2. The maximum Gasteiger partial charge on any atom is 0.146 e. The first-order valence-corrected chi connectivity index (χ1v) is 10.5. The van der Waals surface area contributed by atoms with Gasteiger partial charge in [-0.25, -0.2) is 4.98 Å². The van der Waals surface area contributed by atoms with Gasteiger partial charge in [-0.15, -0.1) is 11.3 Å². The lowest BCUT2D eigenvalue weighted by Gasteiger charge is -2.33. The minimum Gasteiger partial charge on any atom is -0.355 e. The molecule has 3 heterocycles. The number of pyridine rings is 1. The summed E-state index contributed by atoms with van der Waals surface area (Å²) in [4.78, 5) is 7.12. The predicted molar refractivity (Wildman–Crippen MR) is 116 cm³/mol. The number of hydrogen-bond donors (Lipinski definition) is 1. The molecule has 1 fully saturated rings. The van der Waals surface area contributed by atoms with Gasteiger partial charge in [0.25, 0.3) is 0 Å². The largest absolute Gasteiger partial charge is 0.355 e. The molecule has 27 heavy (non-hydrogen) atoms. The molecule has 0 saturated carbocycles.